The van der Waals surface area contributed by atoms with Gasteiger partial charge in [0.2, 0.25) is 0 Å². The van der Waals surface area contributed by atoms with Crippen LogP contribution in [0.1, 0.15) is 33.1 Å². The van der Waals surface area contributed by atoms with E-state index in [1.54, 1.807) is 7.11 Å². The first-order chi connectivity index (χ1) is 6.69. The molecule has 14 heavy (non-hydrogen) atoms. The largest absolute Gasteiger partial charge is 0.377 e. The van der Waals surface area contributed by atoms with Gasteiger partial charge in [0.15, 0.2) is 5.78 Å². The Balaban J connectivity index is 2.44. The van der Waals surface area contributed by atoms with Crippen molar-refractivity contribution in [1.82, 2.24) is 4.90 Å². The Bertz CT molecular complexity index is 194. The SMILES string of the molecule is CCC1CCC(C)N1CC(=O)COC. The van der Waals surface area contributed by atoms with Gasteiger partial charge in [-0.05, 0) is 26.2 Å². The lowest BCUT2D eigenvalue weighted by Crippen LogP contribution is -2.39. The quantitative estimate of drug-likeness (QED) is 0.671. The van der Waals surface area contributed by atoms with E-state index in [2.05, 4.69) is 18.7 Å². The minimum Gasteiger partial charge on any atom is -0.377 e. The fourth-order valence-corrected chi connectivity index (χ4v) is 2.26. The van der Waals surface area contributed by atoms with Crippen molar-refractivity contribution in [2.75, 3.05) is 20.3 Å². The Kier molecular flexibility index (Phi) is 4.55. The molecule has 1 aliphatic heterocycles. The van der Waals surface area contributed by atoms with Crippen LogP contribution < -0.4 is 0 Å². The average molecular weight is 199 g/mol. The molecule has 0 N–H and O–H groups in total. The predicted molar refractivity (Wildman–Crippen MR) is 56.4 cm³/mol. The molecule has 1 rings (SSSR count). The number of ether oxygens (including phenoxy) is 1. The first kappa shape index (κ1) is 11.7. The van der Waals surface area contributed by atoms with Gasteiger partial charge in [-0.25, -0.2) is 0 Å². The lowest BCUT2D eigenvalue weighted by Gasteiger charge is -2.26. The standard InChI is InChI=1S/C11H21NO2/c1-4-10-6-5-9(2)12(10)7-11(13)8-14-3/h9-10H,4-8H2,1-3H3. The number of hydrogen-bond donors (Lipinski definition) is 0. The van der Waals surface area contributed by atoms with Crippen LogP contribution in [0.3, 0.4) is 0 Å². The first-order valence-electron chi connectivity index (χ1n) is 5.45. The van der Waals surface area contributed by atoms with Crippen molar-refractivity contribution >= 4 is 5.78 Å². The Morgan fingerprint density at radius 1 is 1.50 bits per heavy atom. The summed E-state index contributed by atoms with van der Waals surface area (Å²) >= 11 is 0. The number of nitrogens with zero attached hydrogens (tertiary/aromatic N) is 1. The molecule has 1 fully saturated rings. The summed E-state index contributed by atoms with van der Waals surface area (Å²) in [6.45, 7) is 5.21. The van der Waals surface area contributed by atoms with Crippen molar-refractivity contribution in [1.29, 1.82) is 0 Å². The van der Waals surface area contributed by atoms with E-state index in [9.17, 15) is 4.79 Å². The molecule has 0 aliphatic carbocycles. The highest BCUT2D eigenvalue weighted by atomic mass is 16.5. The Morgan fingerprint density at radius 3 is 2.79 bits per heavy atom. The Hall–Kier alpha value is -0.410. The van der Waals surface area contributed by atoms with Crippen molar-refractivity contribution in [2.24, 2.45) is 0 Å². The Morgan fingerprint density at radius 2 is 2.21 bits per heavy atom. The van der Waals surface area contributed by atoms with Gasteiger partial charge < -0.3 is 4.74 Å². The number of ketones is 1. The molecule has 0 saturated carbocycles. The molecule has 2 unspecified atom stereocenters. The molecule has 82 valence electrons. The Labute approximate surface area is 86.4 Å². The molecule has 3 nitrogen and oxygen atoms in total. The lowest BCUT2D eigenvalue weighted by molar-refractivity contribution is -0.124. The van der Waals surface area contributed by atoms with Crippen molar-refractivity contribution < 1.29 is 9.53 Å². The van der Waals surface area contributed by atoms with Gasteiger partial charge in [0.05, 0.1) is 6.54 Å². The third-order valence-electron chi connectivity index (χ3n) is 3.09. The second-order valence-electron chi connectivity index (χ2n) is 4.13. The van der Waals surface area contributed by atoms with Crippen LogP contribution in [0.4, 0.5) is 0 Å². The van der Waals surface area contributed by atoms with Gasteiger partial charge in [0.25, 0.3) is 0 Å². The second kappa shape index (κ2) is 5.47. The smallest absolute Gasteiger partial charge is 0.172 e. The monoisotopic (exact) mass is 199 g/mol. The highest BCUT2D eigenvalue weighted by Gasteiger charge is 2.30. The van der Waals surface area contributed by atoms with E-state index in [1.165, 1.54) is 12.8 Å². The molecule has 0 aromatic rings. The molecule has 1 saturated heterocycles. The number of hydrogen-bond acceptors (Lipinski definition) is 3. The number of carbonyl (C=O) groups excluding carboxylic acids is 1. The third kappa shape index (κ3) is 2.79. The van der Waals surface area contributed by atoms with Gasteiger partial charge >= 0.3 is 0 Å². The van der Waals surface area contributed by atoms with Gasteiger partial charge in [-0.3, -0.25) is 9.69 Å². The average Bonchev–Trinajstić information content (AvgIpc) is 2.48. The molecule has 1 heterocycles. The summed E-state index contributed by atoms with van der Waals surface area (Å²) in [5, 5.41) is 0. The van der Waals surface area contributed by atoms with Crippen LogP contribution in [0.5, 0.6) is 0 Å². The molecule has 0 radical (unpaired) electrons. The van der Waals surface area contributed by atoms with Crippen molar-refractivity contribution in [3.8, 4) is 0 Å². The molecule has 3 heteroatoms. The van der Waals surface area contributed by atoms with Crippen LogP contribution in [0.25, 0.3) is 0 Å². The zero-order valence-electron chi connectivity index (χ0n) is 9.45. The zero-order chi connectivity index (χ0) is 10.6. The summed E-state index contributed by atoms with van der Waals surface area (Å²) < 4.78 is 4.84. The summed E-state index contributed by atoms with van der Waals surface area (Å²) in [4.78, 5) is 13.8. The number of Topliss-reactive ketones (excluding diaryl/α,β-unsaturated/α-hetero) is 1. The van der Waals surface area contributed by atoms with Crippen molar-refractivity contribution in [2.45, 2.75) is 45.2 Å². The molecule has 0 amide bonds. The van der Waals surface area contributed by atoms with Crippen molar-refractivity contribution in [3.05, 3.63) is 0 Å². The molecule has 0 bridgehead atoms. The fraction of sp³-hybridized carbons (Fsp3) is 0.909. The highest BCUT2D eigenvalue weighted by molar-refractivity contribution is 5.81. The summed E-state index contributed by atoms with van der Waals surface area (Å²) in [6.07, 6.45) is 3.60. The van der Waals surface area contributed by atoms with Crippen LogP contribution >= 0.6 is 0 Å². The second-order valence-corrected chi connectivity index (χ2v) is 4.13. The van der Waals surface area contributed by atoms with Crippen LogP contribution in [0.15, 0.2) is 0 Å². The molecule has 0 aromatic heterocycles. The number of rotatable bonds is 5. The van der Waals surface area contributed by atoms with E-state index in [0.29, 0.717) is 18.6 Å². The van der Waals surface area contributed by atoms with E-state index >= 15 is 0 Å². The van der Waals surface area contributed by atoms with Crippen molar-refractivity contribution in [3.63, 3.8) is 0 Å². The minimum absolute atomic E-state index is 0.194. The van der Waals surface area contributed by atoms with Crippen LogP contribution in [0, 0.1) is 0 Å². The van der Waals surface area contributed by atoms with E-state index in [-0.39, 0.29) is 12.4 Å². The summed E-state index contributed by atoms with van der Waals surface area (Å²) in [5.41, 5.74) is 0. The van der Waals surface area contributed by atoms with Crippen LogP contribution in [-0.2, 0) is 9.53 Å². The topological polar surface area (TPSA) is 29.5 Å². The normalized spacial score (nSPS) is 28.2. The molecule has 0 spiro atoms. The van der Waals surface area contributed by atoms with Crippen LogP contribution in [0.2, 0.25) is 0 Å². The molecular weight excluding hydrogens is 178 g/mol. The maximum absolute atomic E-state index is 11.4. The molecule has 2 atom stereocenters. The van der Waals surface area contributed by atoms with E-state index < -0.39 is 0 Å². The van der Waals surface area contributed by atoms with Crippen LogP contribution in [-0.4, -0.2) is 43.0 Å². The number of methoxy groups -OCH3 is 1. The maximum Gasteiger partial charge on any atom is 0.172 e. The molecular formula is C11H21NO2. The van der Waals surface area contributed by atoms with E-state index in [0.717, 1.165) is 6.42 Å². The van der Waals surface area contributed by atoms with Gasteiger partial charge in [-0.2, -0.15) is 0 Å². The number of carbonyl (C=O) groups is 1. The fourth-order valence-electron chi connectivity index (χ4n) is 2.26. The molecule has 0 aromatic carbocycles. The van der Waals surface area contributed by atoms with E-state index in [4.69, 9.17) is 4.74 Å². The summed E-state index contributed by atoms with van der Waals surface area (Å²) in [6, 6.07) is 1.16. The summed E-state index contributed by atoms with van der Waals surface area (Å²) in [7, 11) is 1.57. The minimum atomic E-state index is 0.194. The predicted octanol–water partition coefficient (Wildman–Crippen LogP) is 1.46. The first-order valence-corrected chi connectivity index (χ1v) is 5.45. The molecule has 1 aliphatic rings. The van der Waals surface area contributed by atoms with Gasteiger partial charge in [-0.1, -0.05) is 6.92 Å². The van der Waals surface area contributed by atoms with Gasteiger partial charge in [0.1, 0.15) is 6.61 Å². The zero-order valence-corrected chi connectivity index (χ0v) is 9.45. The third-order valence-corrected chi connectivity index (χ3v) is 3.09. The summed E-state index contributed by atoms with van der Waals surface area (Å²) in [5.74, 6) is 0.194. The van der Waals surface area contributed by atoms with Gasteiger partial charge in [-0.15, -0.1) is 0 Å². The number of likely N-dealkylation sites (tertiary alicyclic amines) is 1. The maximum atomic E-state index is 11.4. The lowest BCUT2D eigenvalue weighted by atomic mass is 10.1. The highest BCUT2D eigenvalue weighted by Crippen LogP contribution is 2.25. The van der Waals surface area contributed by atoms with Gasteiger partial charge in [0, 0.05) is 19.2 Å². The van der Waals surface area contributed by atoms with E-state index in [1.807, 2.05) is 0 Å².